The topological polar surface area (TPSA) is 93.2 Å². The Balaban J connectivity index is 1.33. The van der Waals surface area contributed by atoms with Gasteiger partial charge in [0.25, 0.3) is 5.91 Å². The maximum atomic E-state index is 12.3. The number of benzene rings is 2. The number of fused-ring (bicyclic) bond motifs is 1. The third kappa shape index (κ3) is 5.67. The average molecular weight is 425 g/mol. The van der Waals surface area contributed by atoms with Crippen molar-refractivity contribution >= 4 is 23.2 Å². The number of hydrogen-bond donors (Lipinski definition) is 3. The van der Waals surface area contributed by atoms with Gasteiger partial charge in [-0.1, -0.05) is 12.1 Å². The number of ether oxygens (including phenoxy) is 3. The minimum Gasteiger partial charge on any atom is -0.490 e. The number of rotatable bonds is 5. The fourth-order valence-electron chi connectivity index (χ4n) is 3.51. The second-order valence-corrected chi connectivity index (χ2v) is 7.45. The summed E-state index contributed by atoms with van der Waals surface area (Å²) >= 11 is 0. The van der Waals surface area contributed by atoms with E-state index in [2.05, 4.69) is 20.9 Å². The van der Waals surface area contributed by atoms with Crippen LogP contribution in [0.2, 0.25) is 0 Å². The number of aliphatic imine (C=N–C) groups is 1. The van der Waals surface area contributed by atoms with Crippen molar-refractivity contribution in [3.63, 3.8) is 0 Å². The van der Waals surface area contributed by atoms with Crippen LogP contribution in [-0.4, -0.2) is 44.8 Å². The Labute approximate surface area is 182 Å². The summed E-state index contributed by atoms with van der Waals surface area (Å²) in [5.74, 6) is 2.03. The Morgan fingerprint density at radius 3 is 2.65 bits per heavy atom. The molecule has 164 valence electrons. The van der Waals surface area contributed by atoms with Crippen molar-refractivity contribution in [3.8, 4) is 11.5 Å². The fourth-order valence-corrected chi connectivity index (χ4v) is 3.51. The first kappa shape index (κ1) is 21.0. The van der Waals surface area contributed by atoms with Crippen LogP contribution in [0.3, 0.4) is 0 Å². The van der Waals surface area contributed by atoms with Crippen molar-refractivity contribution in [2.45, 2.75) is 31.9 Å². The SMILES string of the molecule is CN=C(NCc1cccc(NC(=O)C2CCCO2)c1)Nc1ccc2c(c1)OCCCO2. The maximum absolute atomic E-state index is 12.3. The molecule has 0 aromatic heterocycles. The Bertz CT molecular complexity index is 941. The molecule has 0 aliphatic carbocycles. The van der Waals surface area contributed by atoms with E-state index in [-0.39, 0.29) is 12.0 Å². The molecule has 4 rings (SSSR count). The molecule has 2 aliphatic heterocycles. The molecule has 0 saturated carbocycles. The molecule has 2 aromatic carbocycles. The number of amides is 1. The fraction of sp³-hybridized carbons (Fsp3) is 0.391. The predicted octanol–water partition coefficient (Wildman–Crippen LogP) is 3.15. The minimum atomic E-state index is -0.347. The van der Waals surface area contributed by atoms with Crippen LogP contribution in [0.1, 0.15) is 24.8 Å². The van der Waals surface area contributed by atoms with Gasteiger partial charge in [-0.25, -0.2) is 0 Å². The van der Waals surface area contributed by atoms with Crippen molar-refractivity contribution in [2.75, 3.05) is 37.5 Å². The summed E-state index contributed by atoms with van der Waals surface area (Å²) < 4.78 is 16.9. The van der Waals surface area contributed by atoms with Gasteiger partial charge >= 0.3 is 0 Å². The molecule has 1 atom stereocenters. The van der Waals surface area contributed by atoms with Gasteiger partial charge < -0.3 is 30.2 Å². The van der Waals surface area contributed by atoms with Crippen LogP contribution in [0.25, 0.3) is 0 Å². The largest absolute Gasteiger partial charge is 0.490 e. The Morgan fingerprint density at radius 2 is 1.84 bits per heavy atom. The van der Waals surface area contributed by atoms with Gasteiger partial charge in [0, 0.05) is 44.1 Å². The summed E-state index contributed by atoms with van der Waals surface area (Å²) in [4.78, 5) is 16.6. The highest BCUT2D eigenvalue weighted by molar-refractivity contribution is 5.95. The van der Waals surface area contributed by atoms with Gasteiger partial charge in [0.2, 0.25) is 0 Å². The number of carbonyl (C=O) groups is 1. The van der Waals surface area contributed by atoms with Crippen LogP contribution >= 0.6 is 0 Å². The third-order valence-corrected chi connectivity index (χ3v) is 5.11. The second-order valence-electron chi connectivity index (χ2n) is 7.45. The summed E-state index contributed by atoms with van der Waals surface area (Å²) in [5.41, 5.74) is 2.63. The van der Waals surface area contributed by atoms with E-state index < -0.39 is 0 Å². The molecule has 1 fully saturated rings. The minimum absolute atomic E-state index is 0.0884. The van der Waals surface area contributed by atoms with Crippen LogP contribution in [0.4, 0.5) is 11.4 Å². The van der Waals surface area contributed by atoms with E-state index in [1.165, 1.54) is 0 Å². The number of nitrogens with zero attached hydrogens (tertiary/aromatic N) is 1. The molecular weight excluding hydrogens is 396 g/mol. The van der Waals surface area contributed by atoms with Gasteiger partial charge in [-0.2, -0.15) is 0 Å². The molecular formula is C23H28N4O4. The lowest BCUT2D eigenvalue weighted by molar-refractivity contribution is -0.124. The lowest BCUT2D eigenvalue weighted by atomic mass is 10.2. The summed E-state index contributed by atoms with van der Waals surface area (Å²) in [7, 11) is 1.72. The molecule has 2 aromatic rings. The second kappa shape index (κ2) is 10.2. The first-order chi connectivity index (χ1) is 15.2. The van der Waals surface area contributed by atoms with E-state index in [1.807, 2.05) is 42.5 Å². The van der Waals surface area contributed by atoms with E-state index in [1.54, 1.807) is 7.05 Å². The monoisotopic (exact) mass is 424 g/mol. The summed E-state index contributed by atoms with van der Waals surface area (Å²) in [5, 5.41) is 9.50. The number of guanidine groups is 1. The van der Waals surface area contributed by atoms with E-state index in [4.69, 9.17) is 14.2 Å². The lowest BCUT2D eigenvalue weighted by Crippen LogP contribution is -2.30. The number of nitrogens with one attached hydrogen (secondary N) is 3. The smallest absolute Gasteiger partial charge is 0.253 e. The Morgan fingerprint density at radius 1 is 1.00 bits per heavy atom. The first-order valence-electron chi connectivity index (χ1n) is 10.6. The zero-order chi connectivity index (χ0) is 21.5. The molecule has 2 aliphatic rings. The van der Waals surface area contributed by atoms with E-state index in [9.17, 15) is 4.79 Å². The van der Waals surface area contributed by atoms with Gasteiger partial charge in [0.15, 0.2) is 17.5 Å². The van der Waals surface area contributed by atoms with E-state index in [0.29, 0.717) is 32.3 Å². The zero-order valence-electron chi connectivity index (χ0n) is 17.6. The van der Waals surface area contributed by atoms with Gasteiger partial charge in [0.05, 0.1) is 13.2 Å². The lowest BCUT2D eigenvalue weighted by Gasteiger charge is -2.15. The quantitative estimate of drug-likeness (QED) is 0.504. The van der Waals surface area contributed by atoms with Crippen molar-refractivity contribution in [3.05, 3.63) is 48.0 Å². The van der Waals surface area contributed by atoms with Crippen LogP contribution in [0.15, 0.2) is 47.5 Å². The molecule has 3 N–H and O–H groups in total. The first-order valence-corrected chi connectivity index (χ1v) is 10.6. The predicted molar refractivity (Wildman–Crippen MR) is 120 cm³/mol. The summed E-state index contributed by atoms with van der Waals surface area (Å²) in [6.07, 6.45) is 2.22. The molecule has 1 unspecified atom stereocenters. The molecule has 2 heterocycles. The van der Waals surface area contributed by atoms with Gasteiger partial charge in [0.1, 0.15) is 6.10 Å². The number of anilines is 2. The van der Waals surface area contributed by atoms with Crippen molar-refractivity contribution < 1.29 is 19.0 Å². The molecule has 1 amide bonds. The molecule has 8 heteroatoms. The van der Waals surface area contributed by atoms with E-state index >= 15 is 0 Å². The summed E-state index contributed by atoms with van der Waals surface area (Å²) in [6.45, 7) is 2.50. The van der Waals surface area contributed by atoms with Gasteiger partial charge in [-0.05, 0) is 42.7 Å². The van der Waals surface area contributed by atoms with Gasteiger partial charge in [-0.3, -0.25) is 9.79 Å². The zero-order valence-corrected chi connectivity index (χ0v) is 17.6. The van der Waals surface area contributed by atoms with Crippen molar-refractivity contribution in [2.24, 2.45) is 4.99 Å². The van der Waals surface area contributed by atoms with Crippen LogP contribution in [0, 0.1) is 0 Å². The molecule has 0 spiro atoms. The van der Waals surface area contributed by atoms with Gasteiger partial charge in [-0.15, -0.1) is 0 Å². The third-order valence-electron chi connectivity index (χ3n) is 5.11. The average Bonchev–Trinajstić information content (AvgIpc) is 3.23. The maximum Gasteiger partial charge on any atom is 0.253 e. The van der Waals surface area contributed by atoms with Crippen molar-refractivity contribution in [1.82, 2.24) is 5.32 Å². The number of hydrogen-bond acceptors (Lipinski definition) is 5. The molecule has 0 radical (unpaired) electrons. The van der Waals surface area contributed by atoms with Crippen LogP contribution in [-0.2, 0) is 16.1 Å². The van der Waals surface area contributed by atoms with Crippen LogP contribution < -0.4 is 25.4 Å². The highest BCUT2D eigenvalue weighted by Gasteiger charge is 2.23. The number of carbonyl (C=O) groups excluding carboxylic acids is 1. The summed E-state index contributed by atoms with van der Waals surface area (Å²) in [6, 6.07) is 13.5. The van der Waals surface area contributed by atoms with Crippen LogP contribution in [0.5, 0.6) is 11.5 Å². The highest BCUT2D eigenvalue weighted by atomic mass is 16.5. The standard InChI is InChI=1S/C23H28N4O4/c1-24-23(27-18-8-9-19-21(14-18)31-12-4-11-29-19)25-15-16-5-2-6-17(13-16)26-22(28)20-7-3-10-30-20/h2,5-6,8-9,13-14,20H,3-4,7,10-12,15H2,1H3,(H,26,28)(H2,24,25,27). The van der Waals surface area contributed by atoms with Crippen molar-refractivity contribution in [1.29, 1.82) is 0 Å². The highest BCUT2D eigenvalue weighted by Crippen LogP contribution is 2.32. The molecule has 1 saturated heterocycles. The molecule has 8 nitrogen and oxygen atoms in total. The normalized spacial score (nSPS) is 18.2. The Kier molecular flexibility index (Phi) is 6.89. The molecule has 0 bridgehead atoms. The molecule has 31 heavy (non-hydrogen) atoms. The Hall–Kier alpha value is -3.26. The van der Waals surface area contributed by atoms with E-state index in [0.717, 1.165) is 47.7 Å².